The van der Waals surface area contributed by atoms with Crippen molar-refractivity contribution in [1.29, 1.82) is 0 Å². The number of benzene rings is 4. The molecule has 0 saturated carbocycles. The highest BCUT2D eigenvalue weighted by atomic mass is 19.4. The number of nitrogens with zero attached hydrogens (tertiary/aromatic N) is 2. The Bertz CT molecular complexity index is 1540. The Hall–Kier alpha value is -4.50. The van der Waals surface area contributed by atoms with Crippen LogP contribution in [0.1, 0.15) is 34.5 Å². The Morgan fingerprint density at radius 2 is 1.40 bits per heavy atom. The predicted octanol–water partition coefficient (Wildman–Crippen LogP) is 7.22. The second-order valence-electron chi connectivity index (χ2n) is 10.2. The fraction of sp³-hybridized carbons (Fsp3) is 0.212. The number of rotatable bonds is 7. The number of ketones is 1. The molecule has 1 heterocycles. The van der Waals surface area contributed by atoms with E-state index in [1.54, 1.807) is 55.5 Å². The molecule has 0 bridgehead atoms. The molecule has 42 heavy (non-hydrogen) atoms. The average Bonchev–Trinajstić information content (AvgIpc) is 2.98. The summed E-state index contributed by atoms with van der Waals surface area (Å²) < 4.78 is 52.3. The molecule has 1 aliphatic rings. The SMILES string of the molecule is CC(=O)C(c1ccc(F)cc1)N1CCN(c2ccc(NC(=O)c3ccccc3-c3ccc(C(F)(F)F)cc3)cc2)CC1. The standard InChI is InChI=1S/C33H29F4N3O2/c1-22(41)31(24-8-12-26(34)13-9-24)40-20-18-39(19-21-40)28-16-14-27(15-17-28)38-32(42)30-5-3-2-4-29(30)23-6-10-25(11-7-23)33(35,36)37/h2-17,31H,18-21H2,1H3,(H,38,42). The van der Waals surface area contributed by atoms with E-state index in [2.05, 4.69) is 15.1 Å². The molecule has 1 atom stereocenters. The van der Waals surface area contributed by atoms with Crippen molar-refractivity contribution in [3.8, 4) is 11.1 Å². The van der Waals surface area contributed by atoms with Gasteiger partial charge in [0.1, 0.15) is 5.82 Å². The quantitative estimate of drug-likeness (QED) is 0.237. The zero-order chi connectivity index (χ0) is 29.9. The number of amides is 1. The molecule has 1 fully saturated rings. The molecule has 1 aliphatic heterocycles. The Morgan fingerprint density at radius 3 is 2.00 bits per heavy atom. The average molecular weight is 576 g/mol. The molecule has 0 spiro atoms. The van der Waals surface area contributed by atoms with E-state index in [1.807, 2.05) is 12.1 Å². The van der Waals surface area contributed by atoms with Crippen LogP contribution in [0.3, 0.4) is 0 Å². The first kappa shape index (κ1) is 29.0. The van der Waals surface area contributed by atoms with Crippen LogP contribution in [0.4, 0.5) is 28.9 Å². The summed E-state index contributed by atoms with van der Waals surface area (Å²) >= 11 is 0. The molecule has 4 aromatic rings. The van der Waals surface area contributed by atoms with Crippen LogP contribution in [0.25, 0.3) is 11.1 Å². The number of carbonyl (C=O) groups is 2. The van der Waals surface area contributed by atoms with Gasteiger partial charge in [0.25, 0.3) is 5.91 Å². The van der Waals surface area contributed by atoms with E-state index in [9.17, 15) is 27.2 Å². The maximum atomic E-state index is 13.4. The minimum absolute atomic E-state index is 0.00930. The molecule has 4 aromatic carbocycles. The zero-order valence-corrected chi connectivity index (χ0v) is 22.9. The normalized spacial score (nSPS) is 14.8. The van der Waals surface area contributed by atoms with Crippen molar-refractivity contribution >= 4 is 23.1 Å². The summed E-state index contributed by atoms with van der Waals surface area (Å²) in [5, 5.41) is 2.88. The van der Waals surface area contributed by atoms with Crippen LogP contribution in [-0.2, 0) is 11.0 Å². The smallest absolute Gasteiger partial charge is 0.369 e. The number of anilines is 2. The molecular formula is C33H29F4N3O2. The first-order valence-electron chi connectivity index (χ1n) is 13.5. The van der Waals surface area contributed by atoms with Crippen molar-refractivity contribution in [2.45, 2.75) is 19.1 Å². The summed E-state index contributed by atoms with van der Waals surface area (Å²) in [4.78, 5) is 29.9. The van der Waals surface area contributed by atoms with Crippen molar-refractivity contribution in [1.82, 2.24) is 4.90 Å². The minimum Gasteiger partial charge on any atom is -0.369 e. The van der Waals surface area contributed by atoms with Gasteiger partial charge in [-0.15, -0.1) is 0 Å². The maximum absolute atomic E-state index is 13.4. The Balaban J connectivity index is 1.23. The molecule has 0 aromatic heterocycles. The van der Waals surface area contributed by atoms with Gasteiger partial charge in [-0.1, -0.05) is 42.5 Å². The predicted molar refractivity (Wildman–Crippen MR) is 155 cm³/mol. The van der Waals surface area contributed by atoms with Gasteiger partial charge in [0.05, 0.1) is 11.6 Å². The van der Waals surface area contributed by atoms with Gasteiger partial charge in [0.2, 0.25) is 0 Å². The first-order valence-corrected chi connectivity index (χ1v) is 13.5. The highest BCUT2D eigenvalue weighted by Gasteiger charge is 2.30. The van der Waals surface area contributed by atoms with E-state index in [0.29, 0.717) is 48.6 Å². The number of hydrogen-bond acceptors (Lipinski definition) is 4. The highest BCUT2D eigenvalue weighted by molar-refractivity contribution is 6.08. The Kier molecular flexibility index (Phi) is 8.40. The molecule has 1 saturated heterocycles. The monoisotopic (exact) mass is 575 g/mol. The third-order valence-corrected chi connectivity index (χ3v) is 7.44. The summed E-state index contributed by atoms with van der Waals surface area (Å²) in [5.41, 5.74) is 2.96. The summed E-state index contributed by atoms with van der Waals surface area (Å²) in [7, 11) is 0. The van der Waals surface area contributed by atoms with Gasteiger partial charge in [0.15, 0.2) is 5.78 Å². The van der Waals surface area contributed by atoms with Crippen molar-refractivity contribution in [2.75, 3.05) is 36.4 Å². The lowest BCUT2D eigenvalue weighted by Crippen LogP contribution is -2.49. The van der Waals surface area contributed by atoms with Gasteiger partial charge in [-0.25, -0.2) is 4.39 Å². The molecular weight excluding hydrogens is 546 g/mol. The molecule has 5 nitrogen and oxygen atoms in total. The lowest BCUT2D eigenvalue weighted by atomic mass is 9.98. The number of nitrogens with one attached hydrogen (secondary N) is 1. The number of hydrogen-bond donors (Lipinski definition) is 1. The van der Waals surface area contributed by atoms with Crippen LogP contribution in [0.15, 0.2) is 97.1 Å². The summed E-state index contributed by atoms with van der Waals surface area (Å²) in [6, 6.07) is 24.6. The number of piperazine rings is 1. The van der Waals surface area contributed by atoms with Crippen LogP contribution >= 0.6 is 0 Å². The first-order chi connectivity index (χ1) is 20.1. The molecule has 1 amide bonds. The van der Waals surface area contributed by atoms with E-state index in [1.165, 1.54) is 24.3 Å². The van der Waals surface area contributed by atoms with Gasteiger partial charge >= 0.3 is 6.18 Å². The molecule has 1 N–H and O–H groups in total. The van der Waals surface area contributed by atoms with Gasteiger partial charge in [-0.3, -0.25) is 14.5 Å². The second-order valence-corrected chi connectivity index (χ2v) is 10.2. The van der Waals surface area contributed by atoms with Crippen LogP contribution < -0.4 is 10.2 Å². The van der Waals surface area contributed by atoms with E-state index < -0.39 is 17.8 Å². The van der Waals surface area contributed by atoms with Gasteiger partial charge in [-0.2, -0.15) is 13.2 Å². The molecule has 5 rings (SSSR count). The Labute approximate surface area is 241 Å². The summed E-state index contributed by atoms with van der Waals surface area (Å²) in [6.45, 7) is 4.24. The highest BCUT2D eigenvalue weighted by Crippen LogP contribution is 2.32. The maximum Gasteiger partial charge on any atom is 0.416 e. The molecule has 0 radical (unpaired) electrons. The zero-order valence-electron chi connectivity index (χ0n) is 22.9. The van der Waals surface area contributed by atoms with Crippen LogP contribution in [0.2, 0.25) is 0 Å². The third-order valence-electron chi connectivity index (χ3n) is 7.44. The van der Waals surface area contributed by atoms with Gasteiger partial charge in [0, 0.05) is 43.1 Å². The molecule has 9 heteroatoms. The minimum atomic E-state index is -4.43. The Morgan fingerprint density at radius 1 is 0.786 bits per heavy atom. The number of Topliss-reactive ketones (excluding diaryl/α,β-unsaturated/α-hetero) is 1. The third kappa shape index (κ3) is 6.52. The van der Waals surface area contributed by atoms with E-state index in [4.69, 9.17) is 0 Å². The van der Waals surface area contributed by atoms with E-state index >= 15 is 0 Å². The number of halogens is 4. The lowest BCUT2D eigenvalue weighted by molar-refractivity contribution is -0.137. The second kappa shape index (κ2) is 12.2. The fourth-order valence-corrected chi connectivity index (χ4v) is 5.31. The molecule has 0 aliphatic carbocycles. The number of alkyl halides is 3. The largest absolute Gasteiger partial charge is 0.416 e. The molecule has 216 valence electrons. The summed E-state index contributed by atoms with van der Waals surface area (Å²) in [5.74, 6) is -0.702. The fourth-order valence-electron chi connectivity index (χ4n) is 5.31. The van der Waals surface area contributed by atoms with Crippen LogP contribution in [-0.4, -0.2) is 42.8 Å². The van der Waals surface area contributed by atoms with Crippen LogP contribution in [0.5, 0.6) is 0 Å². The van der Waals surface area contributed by atoms with Crippen molar-refractivity contribution in [3.05, 3.63) is 120 Å². The van der Waals surface area contributed by atoms with Crippen molar-refractivity contribution in [2.24, 2.45) is 0 Å². The van der Waals surface area contributed by atoms with Gasteiger partial charge in [-0.05, 0) is 78.2 Å². The van der Waals surface area contributed by atoms with Crippen molar-refractivity contribution in [3.63, 3.8) is 0 Å². The lowest BCUT2D eigenvalue weighted by Gasteiger charge is -2.39. The van der Waals surface area contributed by atoms with Gasteiger partial charge < -0.3 is 10.2 Å². The molecule has 1 unspecified atom stereocenters. The number of carbonyl (C=O) groups excluding carboxylic acids is 2. The van der Waals surface area contributed by atoms with E-state index in [-0.39, 0.29) is 17.5 Å². The summed E-state index contributed by atoms with van der Waals surface area (Å²) in [6.07, 6.45) is -4.43. The van der Waals surface area contributed by atoms with Crippen LogP contribution in [0, 0.1) is 5.82 Å². The topological polar surface area (TPSA) is 52.7 Å². The van der Waals surface area contributed by atoms with E-state index in [0.717, 1.165) is 23.4 Å². The van der Waals surface area contributed by atoms with Crippen molar-refractivity contribution < 1.29 is 27.2 Å².